The number of carbonyl (C=O) groups is 1. The first kappa shape index (κ1) is 23.0. The predicted octanol–water partition coefficient (Wildman–Crippen LogP) is 5.30. The van der Waals surface area contributed by atoms with E-state index in [2.05, 4.69) is 16.4 Å². The molecular formula is C25H23F2N3O4. The van der Waals surface area contributed by atoms with Crippen molar-refractivity contribution in [3.8, 4) is 17.2 Å². The van der Waals surface area contributed by atoms with E-state index in [1.807, 2.05) is 28.8 Å². The number of aromatic nitrogens is 3. The molecule has 34 heavy (non-hydrogen) atoms. The van der Waals surface area contributed by atoms with Crippen LogP contribution in [0.4, 0.5) is 8.78 Å². The lowest BCUT2D eigenvalue weighted by atomic mass is 10.1. The van der Waals surface area contributed by atoms with Crippen molar-refractivity contribution >= 4 is 28.5 Å². The number of aryl methyl sites for hydroxylation is 1. The van der Waals surface area contributed by atoms with E-state index in [1.54, 1.807) is 23.6 Å². The molecule has 0 unspecified atom stereocenters. The Kier molecular flexibility index (Phi) is 6.36. The van der Waals surface area contributed by atoms with Crippen LogP contribution in [0.15, 0.2) is 55.1 Å². The van der Waals surface area contributed by atoms with Gasteiger partial charge in [-0.15, -0.1) is 6.58 Å². The molecule has 0 amide bonds. The maximum Gasteiger partial charge on any atom is 0.387 e. The Hall–Kier alpha value is -4.14. The Balaban J connectivity index is 1.77. The van der Waals surface area contributed by atoms with Gasteiger partial charge in [-0.1, -0.05) is 24.3 Å². The van der Waals surface area contributed by atoms with Gasteiger partial charge in [0.1, 0.15) is 5.65 Å². The minimum Gasteiger partial charge on any atom is -0.493 e. The van der Waals surface area contributed by atoms with Gasteiger partial charge in [0.05, 0.1) is 36.5 Å². The highest BCUT2D eigenvalue weighted by Gasteiger charge is 2.22. The summed E-state index contributed by atoms with van der Waals surface area (Å²) in [6.45, 7) is 3.08. The normalized spacial score (nSPS) is 11.6. The van der Waals surface area contributed by atoms with Crippen molar-refractivity contribution in [3.05, 3.63) is 72.0 Å². The Labute approximate surface area is 194 Å². The maximum atomic E-state index is 13.3. The van der Waals surface area contributed by atoms with Crippen molar-refractivity contribution in [1.82, 2.24) is 14.2 Å². The zero-order valence-electron chi connectivity index (χ0n) is 18.9. The average molecular weight is 467 g/mol. The molecule has 0 N–H and O–H groups in total. The number of alkyl halides is 2. The summed E-state index contributed by atoms with van der Waals surface area (Å²) in [6.07, 6.45) is 4.73. The van der Waals surface area contributed by atoms with Gasteiger partial charge >= 0.3 is 6.61 Å². The minimum absolute atomic E-state index is 0.0574. The summed E-state index contributed by atoms with van der Waals surface area (Å²) >= 11 is 0. The van der Waals surface area contributed by atoms with E-state index in [4.69, 9.17) is 9.47 Å². The number of para-hydroxylation sites is 2. The van der Waals surface area contributed by atoms with Crippen molar-refractivity contribution < 1.29 is 27.8 Å². The largest absolute Gasteiger partial charge is 0.493 e. The van der Waals surface area contributed by atoms with Crippen molar-refractivity contribution in [2.45, 2.75) is 20.1 Å². The molecule has 2 aromatic carbocycles. The molecule has 176 valence electrons. The van der Waals surface area contributed by atoms with Gasteiger partial charge in [0, 0.05) is 6.54 Å². The number of carbonyl (C=O) groups excluding carboxylic acids is 1. The van der Waals surface area contributed by atoms with Crippen molar-refractivity contribution in [3.63, 3.8) is 0 Å². The van der Waals surface area contributed by atoms with E-state index in [-0.39, 0.29) is 23.0 Å². The lowest BCUT2D eigenvalue weighted by Gasteiger charge is -2.14. The molecule has 2 aromatic heterocycles. The maximum absolute atomic E-state index is 13.3. The SMILES string of the molecule is C=CCn1c2ccccc2n2nc(C)c(C(=O)/C=C/c3cc(OC)c(OC(F)F)c(OC)c3)c12. The van der Waals surface area contributed by atoms with Crippen LogP contribution in [0.3, 0.4) is 0 Å². The van der Waals surface area contributed by atoms with E-state index in [0.29, 0.717) is 29.0 Å². The highest BCUT2D eigenvalue weighted by Crippen LogP contribution is 2.40. The summed E-state index contributed by atoms with van der Waals surface area (Å²) < 4.78 is 44.2. The van der Waals surface area contributed by atoms with Crippen LogP contribution < -0.4 is 14.2 Å². The summed E-state index contributed by atoms with van der Waals surface area (Å²) in [5.74, 6) is -0.359. The molecule has 0 saturated heterocycles. The van der Waals surface area contributed by atoms with E-state index in [0.717, 1.165) is 11.0 Å². The second-order valence-corrected chi connectivity index (χ2v) is 7.41. The summed E-state index contributed by atoms with van der Waals surface area (Å²) in [6, 6.07) is 10.7. The number of rotatable bonds is 9. The van der Waals surface area contributed by atoms with Crippen LogP contribution in [-0.2, 0) is 6.54 Å². The van der Waals surface area contributed by atoms with Crippen LogP contribution in [0.5, 0.6) is 17.2 Å². The van der Waals surface area contributed by atoms with Crippen LogP contribution in [-0.4, -0.2) is 40.8 Å². The zero-order valence-corrected chi connectivity index (χ0v) is 18.9. The van der Waals surface area contributed by atoms with Crippen LogP contribution in [0, 0.1) is 6.92 Å². The molecule has 0 bridgehead atoms. The molecule has 0 fully saturated rings. The molecule has 0 aliphatic heterocycles. The number of halogens is 2. The van der Waals surface area contributed by atoms with Crippen LogP contribution >= 0.6 is 0 Å². The standard InChI is InChI=1S/C25H23F2N3O4/c1-5-12-29-17-8-6-7-9-18(17)30-24(29)22(15(2)28-30)19(31)11-10-16-13-20(32-3)23(34-25(26)27)21(14-16)33-4/h5-11,13-14,25H,1,12H2,2-4H3/b11-10+. The van der Waals surface area contributed by atoms with Gasteiger partial charge < -0.3 is 18.8 Å². The van der Waals surface area contributed by atoms with Gasteiger partial charge in [-0.05, 0) is 42.8 Å². The van der Waals surface area contributed by atoms with Gasteiger partial charge in [-0.2, -0.15) is 13.9 Å². The average Bonchev–Trinajstić information content (AvgIpc) is 3.31. The molecule has 2 heterocycles. The monoisotopic (exact) mass is 467 g/mol. The number of hydrogen-bond acceptors (Lipinski definition) is 5. The fourth-order valence-corrected chi connectivity index (χ4v) is 3.98. The number of ether oxygens (including phenoxy) is 3. The van der Waals surface area contributed by atoms with Gasteiger partial charge in [0.2, 0.25) is 5.75 Å². The van der Waals surface area contributed by atoms with Gasteiger partial charge in [-0.3, -0.25) is 4.79 Å². The lowest BCUT2D eigenvalue weighted by Crippen LogP contribution is -2.05. The highest BCUT2D eigenvalue weighted by atomic mass is 19.3. The number of ketones is 1. The fraction of sp³-hybridized carbons (Fsp3) is 0.200. The molecule has 0 aliphatic carbocycles. The number of allylic oxidation sites excluding steroid dienone is 2. The quantitative estimate of drug-likeness (QED) is 0.190. The van der Waals surface area contributed by atoms with Crippen LogP contribution in [0.1, 0.15) is 21.6 Å². The summed E-state index contributed by atoms with van der Waals surface area (Å²) in [5.41, 5.74) is 4.05. The number of methoxy groups -OCH3 is 2. The third-order valence-corrected chi connectivity index (χ3v) is 5.37. The Morgan fingerprint density at radius 3 is 2.38 bits per heavy atom. The molecule has 4 rings (SSSR count). The zero-order chi connectivity index (χ0) is 24.4. The summed E-state index contributed by atoms with van der Waals surface area (Å²) in [5, 5.41) is 4.59. The second kappa shape index (κ2) is 9.38. The number of nitrogens with zero attached hydrogens (tertiary/aromatic N) is 3. The van der Waals surface area contributed by atoms with Crippen LogP contribution in [0.2, 0.25) is 0 Å². The molecule has 0 radical (unpaired) electrons. The molecule has 0 aliphatic rings. The van der Waals surface area contributed by atoms with E-state index in [9.17, 15) is 13.6 Å². The highest BCUT2D eigenvalue weighted by molar-refractivity contribution is 6.12. The first-order valence-corrected chi connectivity index (χ1v) is 10.4. The van der Waals surface area contributed by atoms with Gasteiger partial charge in [0.15, 0.2) is 17.3 Å². The number of fused-ring (bicyclic) bond motifs is 3. The predicted molar refractivity (Wildman–Crippen MR) is 125 cm³/mol. The number of benzene rings is 2. The van der Waals surface area contributed by atoms with E-state index >= 15 is 0 Å². The van der Waals surface area contributed by atoms with Gasteiger partial charge in [0.25, 0.3) is 0 Å². The third-order valence-electron chi connectivity index (χ3n) is 5.37. The third kappa shape index (κ3) is 4.00. The molecule has 9 heteroatoms. The van der Waals surface area contributed by atoms with Crippen molar-refractivity contribution in [2.24, 2.45) is 0 Å². The number of hydrogen-bond donors (Lipinski definition) is 0. The second-order valence-electron chi connectivity index (χ2n) is 7.41. The van der Waals surface area contributed by atoms with Crippen LogP contribution in [0.25, 0.3) is 22.8 Å². The summed E-state index contributed by atoms with van der Waals surface area (Å²) in [7, 11) is 2.66. The van der Waals surface area contributed by atoms with Gasteiger partial charge in [-0.25, -0.2) is 4.52 Å². The van der Waals surface area contributed by atoms with Crippen molar-refractivity contribution in [1.29, 1.82) is 0 Å². The smallest absolute Gasteiger partial charge is 0.387 e. The van der Waals surface area contributed by atoms with E-state index < -0.39 is 6.61 Å². The van der Waals surface area contributed by atoms with E-state index in [1.165, 1.54) is 32.4 Å². The number of imidazole rings is 1. The first-order valence-electron chi connectivity index (χ1n) is 10.4. The summed E-state index contributed by atoms with van der Waals surface area (Å²) in [4.78, 5) is 13.3. The Morgan fingerprint density at radius 1 is 1.15 bits per heavy atom. The fourth-order valence-electron chi connectivity index (χ4n) is 3.98. The topological polar surface area (TPSA) is 67.0 Å². The molecule has 7 nitrogen and oxygen atoms in total. The molecule has 0 atom stereocenters. The molecule has 0 saturated carbocycles. The van der Waals surface area contributed by atoms with Crippen molar-refractivity contribution in [2.75, 3.05) is 14.2 Å². The Morgan fingerprint density at radius 2 is 1.79 bits per heavy atom. The molecule has 4 aromatic rings. The minimum atomic E-state index is -3.04. The molecule has 0 spiro atoms. The first-order chi connectivity index (χ1) is 16.4. The molecular weight excluding hydrogens is 444 g/mol. The Bertz CT molecular complexity index is 1390. The lowest BCUT2D eigenvalue weighted by molar-refractivity contribution is -0.0526.